The van der Waals surface area contributed by atoms with Crippen molar-refractivity contribution in [3.63, 3.8) is 0 Å². The summed E-state index contributed by atoms with van der Waals surface area (Å²) in [6.07, 6.45) is -10.2. The molecule has 0 fully saturated rings. The zero-order chi connectivity index (χ0) is 21.4. The molecule has 28 heavy (non-hydrogen) atoms. The van der Waals surface area contributed by atoms with Crippen LogP contribution < -0.4 is 0 Å². The van der Waals surface area contributed by atoms with Gasteiger partial charge in [-0.1, -0.05) is 0 Å². The molecule has 0 atom stereocenters. The molecule has 2 aromatic carbocycles. The maximum absolute atomic E-state index is 13.0. The van der Waals surface area contributed by atoms with Crippen molar-refractivity contribution in [1.29, 1.82) is 0 Å². The number of halogens is 7. The largest absolute Gasteiger partial charge is 0.478 e. The highest BCUT2D eigenvalue weighted by molar-refractivity contribution is 9.10. The summed E-state index contributed by atoms with van der Waals surface area (Å²) in [7, 11) is 0.980. The average molecular weight is 471 g/mol. The molecule has 2 rings (SSSR count). The lowest BCUT2D eigenvalue weighted by Gasteiger charge is -2.15. The first-order valence-corrected chi connectivity index (χ1v) is 8.00. The van der Waals surface area contributed by atoms with E-state index in [0.29, 0.717) is 12.1 Å². The standard InChI is InChI=1S/C17H9BrF6O4/c1-28-15(27)12-5-8(4-11(13(12)18)14(25)26)7-2-9(16(19,20)21)6-10(3-7)17(22,23)24/h2-6H,1H3,(H,25,26). The number of methoxy groups -OCH3 is 1. The number of esters is 1. The van der Waals surface area contributed by atoms with Gasteiger partial charge in [0.05, 0.1) is 29.4 Å². The smallest absolute Gasteiger partial charge is 0.416 e. The van der Waals surface area contributed by atoms with Crippen LogP contribution in [0.4, 0.5) is 26.3 Å². The van der Waals surface area contributed by atoms with Crippen LogP contribution in [0.25, 0.3) is 11.1 Å². The fraction of sp³-hybridized carbons (Fsp3) is 0.176. The number of aromatic carboxylic acids is 1. The normalized spacial score (nSPS) is 12.0. The predicted octanol–water partition coefficient (Wildman–Crippen LogP) is 5.64. The van der Waals surface area contributed by atoms with Gasteiger partial charge in [-0.25, -0.2) is 9.59 Å². The van der Waals surface area contributed by atoms with Crippen LogP contribution in [-0.4, -0.2) is 24.2 Å². The third kappa shape index (κ3) is 4.46. The highest BCUT2D eigenvalue weighted by atomic mass is 79.9. The molecule has 11 heteroatoms. The number of carbonyl (C=O) groups excluding carboxylic acids is 1. The Bertz CT molecular complexity index is 918. The SMILES string of the molecule is COC(=O)c1cc(-c2cc(C(F)(F)F)cc(C(F)(F)F)c2)cc(C(=O)O)c1Br. The number of benzene rings is 2. The minimum absolute atomic E-state index is 0.0539. The molecule has 0 saturated heterocycles. The van der Waals surface area contributed by atoms with Crippen molar-refractivity contribution in [2.75, 3.05) is 7.11 Å². The van der Waals surface area contributed by atoms with E-state index in [1.807, 2.05) is 0 Å². The lowest BCUT2D eigenvalue weighted by Crippen LogP contribution is -2.11. The minimum atomic E-state index is -5.08. The highest BCUT2D eigenvalue weighted by Crippen LogP contribution is 2.39. The van der Waals surface area contributed by atoms with E-state index in [1.165, 1.54) is 0 Å². The van der Waals surface area contributed by atoms with Crippen LogP contribution in [0.1, 0.15) is 31.8 Å². The van der Waals surface area contributed by atoms with E-state index in [-0.39, 0.29) is 21.7 Å². The van der Waals surface area contributed by atoms with Gasteiger partial charge in [-0.05, 0) is 57.4 Å². The molecule has 0 saturated carbocycles. The van der Waals surface area contributed by atoms with Crippen molar-refractivity contribution in [2.45, 2.75) is 12.4 Å². The molecule has 0 heterocycles. The second-order valence-corrected chi connectivity index (χ2v) is 6.27. The van der Waals surface area contributed by atoms with Crippen molar-refractivity contribution in [2.24, 2.45) is 0 Å². The van der Waals surface area contributed by atoms with E-state index in [9.17, 15) is 41.0 Å². The Morgan fingerprint density at radius 3 is 1.68 bits per heavy atom. The van der Waals surface area contributed by atoms with Crippen LogP contribution >= 0.6 is 15.9 Å². The maximum Gasteiger partial charge on any atom is 0.416 e. The van der Waals surface area contributed by atoms with Gasteiger partial charge in [-0.3, -0.25) is 0 Å². The van der Waals surface area contributed by atoms with Gasteiger partial charge in [0, 0.05) is 4.47 Å². The number of rotatable bonds is 3. The summed E-state index contributed by atoms with van der Waals surface area (Å²) in [5.74, 6) is -2.58. The van der Waals surface area contributed by atoms with E-state index >= 15 is 0 Å². The molecule has 0 unspecified atom stereocenters. The van der Waals surface area contributed by atoms with E-state index < -0.39 is 46.5 Å². The predicted molar refractivity (Wildman–Crippen MR) is 87.9 cm³/mol. The summed E-state index contributed by atoms with van der Waals surface area (Å²) in [5, 5.41) is 9.24. The van der Waals surface area contributed by atoms with Crippen molar-refractivity contribution in [3.8, 4) is 11.1 Å². The van der Waals surface area contributed by atoms with Crippen LogP contribution in [0.5, 0.6) is 0 Å². The lowest BCUT2D eigenvalue weighted by atomic mass is 9.96. The van der Waals surface area contributed by atoms with Crippen molar-refractivity contribution in [3.05, 3.63) is 57.1 Å². The molecule has 0 aromatic heterocycles. The summed E-state index contributed by atoms with van der Waals surface area (Å²) in [4.78, 5) is 23.2. The topological polar surface area (TPSA) is 63.6 Å². The van der Waals surface area contributed by atoms with Gasteiger partial charge in [-0.15, -0.1) is 0 Å². The molecule has 0 bridgehead atoms. The van der Waals surface area contributed by atoms with Gasteiger partial charge in [0.15, 0.2) is 0 Å². The van der Waals surface area contributed by atoms with E-state index in [0.717, 1.165) is 19.2 Å². The summed E-state index contributed by atoms with van der Waals surface area (Å²) >= 11 is 2.88. The van der Waals surface area contributed by atoms with Crippen molar-refractivity contribution < 1.29 is 45.8 Å². The zero-order valence-corrected chi connectivity index (χ0v) is 15.3. The van der Waals surface area contributed by atoms with Crippen LogP contribution in [0.15, 0.2) is 34.8 Å². The minimum Gasteiger partial charge on any atom is -0.478 e. The van der Waals surface area contributed by atoms with Gasteiger partial charge in [0.25, 0.3) is 0 Å². The van der Waals surface area contributed by atoms with Gasteiger partial charge < -0.3 is 9.84 Å². The summed E-state index contributed by atoms with van der Waals surface area (Å²) in [5.41, 5.74) is -4.96. The van der Waals surface area contributed by atoms with Crippen molar-refractivity contribution >= 4 is 27.9 Å². The van der Waals surface area contributed by atoms with E-state index in [2.05, 4.69) is 20.7 Å². The Labute approximate surface area is 161 Å². The average Bonchev–Trinajstić information content (AvgIpc) is 2.59. The van der Waals surface area contributed by atoms with Crippen LogP contribution in [0.3, 0.4) is 0 Å². The Balaban J connectivity index is 2.85. The highest BCUT2D eigenvalue weighted by Gasteiger charge is 2.37. The quantitative estimate of drug-likeness (QED) is 0.465. The molecule has 150 valence electrons. The molecular weight excluding hydrogens is 462 g/mol. The fourth-order valence-electron chi connectivity index (χ4n) is 2.33. The molecule has 0 spiro atoms. The first kappa shape index (κ1) is 21.7. The molecule has 0 aliphatic heterocycles. The second-order valence-electron chi connectivity index (χ2n) is 5.48. The molecule has 0 aliphatic rings. The van der Waals surface area contributed by atoms with E-state index in [4.69, 9.17) is 0 Å². The fourth-order valence-corrected chi connectivity index (χ4v) is 2.89. The number of carboxylic acid groups (broad SMARTS) is 1. The number of ether oxygens (including phenoxy) is 1. The summed E-state index contributed by atoms with van der Waals surface area (Å²) in [6, 6.07) is 2.62. The Morgan fingerprint density at radius 1 is 0.857 bits per heavy atom. The molecule has 0 amide bonds. The molecule has 2 aromatic rings. The van der Waals surface area contributed by atoms with Crippen LogP contribution in [-0.2, 0) is 17.1 Å². The third-order valence-electron chi connectivity index (χ3n) is 3.63. The molecule has 4 nitrogen and oxygen atoms in total. The Kier molecular flexibility index (Phi) is 5.79. The number of carboxylic acids is 1. The van der Waals surface area contributed by atoms with Gasteiger partial charge in [0.2, 0.25) is 0 Å². The first-order valence-electron chi connectivity index (χ1n) is 7.20. The van der Waals surface area contributed by atoms with E-state index in [1.54, 1.807) is 0 Å². The van der Waals surface area contributed by atoms with Gasteiger partial charge in [-0.2, -0.15) is 26.3 Å². The number of hydrogen-bond acceptors (Lipinski definition) is 3. The Morgan fingerprint density at radius 2 is 1.29 bits per heavy atom. The number of hydrogen-bond donors (Lipinski definition) is 1. The lowest BCUT2D eigenvalue weighted by molar-refractivity contribution is -0.143. The zero-order valence-electron chi connectivity index (χ0n) is 13.7. The van der Waals surface area contributed by atoms with Crippen LogP contribution in [0, 0.1) is 0 Å². The second kappa shape index (κ2) is 7.46. The van der Waals surface area contributed by atoms with Crippen LogP contribution in [0.2, 0.25) is 0 Å². The van der Waals surface area contributed by atoms with Crippen molar-refractivity contribution in [1.82, 2.24) is 0 Å². The Hall–Kier alpha value is -2.56. The first-order chi connectivity index (χ1) is 12.8. The molecule has 0 aliphatic carbocycles. The number of carbonyl (C=O) groups is 2. The summed E-state index contributed by atoms with van der Waals surface area (Å²) in [6.45, 7) is 0. The monoisotopic (exact) mass is 470 g/mol. The third-order valence-corrected chi connectivity index (χ3v) is 4.48. The maximum atomic E-state index is 13.0. The molecular formula is C17H9BrF6O4. The molecule has 1 N–H and O–H groups in total. The van der Waals surface area contributed by atoms with Gasteiger partial charge >= 0.3 is 24.3 Å². The summed E-state index contributed by atoms with van der Waals surface area (Å²) < 4.78 is 82.5. The number of alkyl halides is 6. The van der Waals surface area contributed by atoms with Gasteiger partial charge in [0.1, 0.15) is 0 Å². The molecule has 0 radical (unpaired) electrons.